The van der Waals surface area contributed by atoms with Gasteiger partial charge in [0, 0.05) is 24.7 Å². The first-order chi connectivity index (χ1) is 9.43. The van der Waals surface area contributed by atoms with E-state index in [9.17, 15) is 9.59 Å². The van der Waals surface area contributed by atoms with Gasteiger partial charge in [0.25, 0.3) is 0 Å². The van der Waals surface area contributed by atoms with E-state index in [4.69, 9.17) is 4.74 Å². The number of ether oxygens (including phenoxy) is 1. The van der Waals surface area contributed by atoms with Gasteiger partial charge >= 0.3 is 5.97 Å². The van der Waals surface area contributed by atoms with E-state index in [1.54, 1.807) is 25.1 Å². The Morgan fingerprint density at radius 3 is 2.90 bits per heavy atom. The molecule has 1 saturated heterocycles. The first kappa shape index (κ1) is 14.8. The highest BCUT2D eigenvalue weighted by Gasteiger charge is 2.48. The fourth-order valence-electron chi connectivity index (χ4n) is 2.41. The second-order valence-corrected chi connectivity index (χ2v) is 6.09. The Morgan fingerprint density at radius 2 is 2.35 bits per heavy atom. The number of aromatic nitrogens is 1. The third-order valence-corrected chi connectivity index (χ3v) is 5.14. The molecule has 1 aromatic rings. The van der Waals surface area contributed by atoms with Crippen LogP contribution in [0.1, 0.15) is 25.1 Å². The zero-order valence-electron chi connectivity index (χ0n) is 12.1. The van der Waals surface area contributed by atoms with E-state index in [0.717, 1.165) is 10.0 Å². The molecule has 1 fully saturated rings. The number of carbonyl (C=O) groups is 2. The molecule has 0 bridgehead atoms. The van der Waals surface area contributed by atoms with Crippen LogP contribution < -0.4 is 5.32 Å². The summed E-state index contributed by atoms with van der Waals surface area (Å²) < 4.78 is 4.72. The number of thiazole rings is 1. The number of nitrogens with one attached hydrogen (secondary N) is 1. The van der Waals surface area contributed by atoms with Crippen molar-refractivity contribution < 1.29 is 14.3 Å². The van der Waals surface area contributed by atoms with Gasteiger partial charge in [-0.15, -0.1) is 11.3 Å². The maximum Gasteiger partial charge on any atom is 0.328 e. The number of hydrogen-bond acceptors (Lipinski definition) is 6. The van der Waals surface area contributed by atoms with E-state index in [0.29, 0.717) is 13.0 Å². The highest BCUT2D eigenvalue weighted by Crippen LogP contribution is 2.40. The number of carbonyl (C=O) groups excluding carboxylic acids is 2. The molecule has 2 heterocycles. The Bertz CT molecular complexity index is 531. The predicted molar refractivity (Wildman–Crippen MR) is 76.8 cm³/mol. The third-order valence-electron chi connectivity index (χ3n) is 3.86. The molecule has 0 saturated carbocycles. The van der Waals surface area contributed by atoms with Crippen LogP contribution in [0.2, 0.25) is 0 Å². The van der Waals surface area contributed by atoms with Gasteiger partial charge in [-0.3, -0.25) is 4.79 Å². The van der Waals surface area contributed by atoms with Gasteiger partial charge in [0.15, 0.2) is 5.13 Å². The third kappa shape index (κ3) is 2.26. The van der Waals surface area contributed by atoms with Crippen molar-refractivity contribution in [3.05, 3.63) is 11.1 Å². The first-order valence-electron chi connectivity index (χ1n) is 6.47. The van der Waals surface area contributed by atoms with Crippen molar-refractivity contribution in [1.29, 1.82) is 0 Å². The second kappa shape index (κ2) is 5.40. The number of amides is 1. The minimum Gasteiger partial charge on any atom is -0.467 e. The Labute approximate surface area is 122 Å². The number of methoxy groups -OCH3 is 1. The summed E-state index contributed by atoms with van der Waals surface area (Å²) in [6.45, 7) is 4.16. The highest BCUT2D eigenvalue weighted by atomic mass is 32.1. The summed E-state index contributed by atoms with van der Waals surface area (Å²) in [7, 11) is 3.13. The molecule has 1 aromatic heterocycles. The minimum absolute atomic E-state index is 0.0401. The van der Waals surface area contributed by atoms with E-state index in [1.807, 2.05) is 6.92 Å². The smallest absolute Gasteiger partial charge is 0.328 e. The lowest BCUT2D eigenvalue weighted by molar-refractivity contribution is -0.151. The van der Waals surface area contributed by atoms with Crippen molar-refractivity contribution in [3.8, 4) is 0 Å². The van der Waals surface area contributed by atoms with Crippen molar-refractivity contribution in [3.63, 3.8) is 0 Å². The fourth-order valence-corrected chi connectivity index (χ4v) is 3.35. The van der Waals surface area contributed by atoms with Crippen LogP contribution in [0.5, 0.6) is 0 Å². The summed E-state index contributed by atoms with van der Waals surface area (Å²) in [6, 6.07) is -0.550. The number of anilines is 1. The van der Waals surface area contributed by atoms with Gasteiger partial charge in [0.1, 0.15) is 6.04 Å². The fraction of sp³-hybridized carbons (Fsp3) is 0.615. The maximum absolute atomic E-state index is 12.7. The standard InChI is InChI=1S/C13H19N3O3S/c1-8(10(17)19-4)16-6-5-13(2,11(16)18)9-7-15-12(14-3)20-9/h7-8H,5-6H2,1-4H3,(H,14,15). The molecular formula is C13H19N3O3S. The van der Waals surface area contributed by atoms with Gasteiger partial charge in [0.05, 0.1) is 12.5 Å². The average Bonchev–Trinajstić information content (AvgIpc) is 3.04. The zero-order chi connectivity index (χ0) is 14.9. The summed E-state index contributed by atoms with van der Waals surface area (Å²) in [5.74, 6) is -0.426. The molecule has 2 atom stereocenters. The molecular weight excluding hydrogens is 278 g/mol. The first-order valence-corrected chi connectivity index (χ1v) is 7.28. The quantitative estimate of drug-likeness (QED) is 0.847. The molecule has 20 heavy (non-hydrogen) atoms. The molecule has 0 spiro atoms. The number of esters is 1. The monoisotopic (exact) mass is 297 g/mol. The van der Waals surface area contributed by atoms with Crippen LogP contribution in [0.25, 0.3) is 0 Å². The topological polar surface area (TPSA) is 71.5 Å². The average molecular weight is 297 g/mol. The van der Waals surface area contributed by atoms with E-state index < -0.39 is 11.5 Å². The summed E-state index contributed by atoms with van der Waals surface area (Å²) in [6.07, 6.45) is 2.42. The molecule has 6 nitrogen and oxygen atoms in total. The van der Waals surface area contributed by atoms with Crippen LogP contribution in [0.15, 0.2) is 6.20 Å². The van der Waals surface area contributed by atoms with Crippen LogP contribution >= 0.6 is 11.3 Å². The Kier molecular flexibility index (Phi) is 3.99. The SMILES string of the molecule is CNc1ncc(C2(C)CCN(C(C)C(=O)OC)C2=O)s1. The number of rotatable bonds is 4. The van der Waals surface area contributed by atoms with E-state index in [2.05, 4.69) is 10.3 Å². The van der Waals surface area contributed by atoms with Crippen molar-refractivity contribution >= 4 is 28.3 Å². The van der Waals surface area contributed by atoms with Crippen LogP contribution in [0.3, 0.4) is 0 Å². The summed E-state index contributed by atoms with van der Waals surface area (Å²) in [4.78, 5) is 31.0. The minimum atomic E-state index is -0.602. The second-order valence-electron chi connectivity index (χ2n) is 5.06. The highest BCUT2D eigenvalue weighted by molar-refractivity contribution is 7.15. The molecule has 110 valence electrons. The Morgan fingerprint density at radius 1 is 1.65 bits per heavy atom. The summed E-state index contributed by atoms with van der Waals surface area (Å²) >= 11 is 1.47. The van der Waals surface area contributed by atoms with Crippen molar-refractivity contribution in [2.75, 3.05) is 26.0 Å². The van der Waals surface area contributed by atoms with Crippen LogP contribution in [0.4, 0.5) is 5.13 Å². The summed E-state index contributed by atoms with van der Waals surface area (Å²) in [5, 5.41) is 3.76. The van der Waals surface area contributed by atoms with Gasteiger partial charge in [-0.05, 0) is 20.3 Å². The summed E-state index contributed by atoms with van der Waals surface area (Å²) in [5.41, 5.74) is -0.602. The van der Waals surface area contributed by atoms with Gasteiger partial charge in [0.2, 0.25) is 5.91 Å². The molecule has 1 aliphatic heterocycles. The van der Waals surface area contributed by atoms with Crippen molar-refractivity contribution in [1.82, 2.24) is 9.88 Å². The molecule has 0 radical (unpaired) electrons. The maximum atomic E-state index is 12.7. The van der Waals surface area contributed by atoms with Gasteiger partial charge < -0.3 is 15.0 Å². The lowest BCUT2D eigenvalue weighted by Gasteiger charge is -2.25. The Hall–Kier alpha value is -1.63. The molecule has 0 aliphatic carbocycles. The lowest BCUT2D eigenvalue weighted by atomic mass is 9.87. The molecule has 1 N–H and O–H groups in total. The van der Waals surface area contributed by atoms with Crippen molar-refractivity contribution in [2.24, 2.45) is 0 Å². The van der Waals surface area contributed by atoms with Crippen molar-refractivity contribution in [2.45, 2.75) is 31.7 Å². The molecule has 7 heteroatoms. The van der Waals surface area contributed by atoms with Crippen LogP contribution in [0, 0.1) is 0 Å². The molecule has 2 unspecified atom stereocenters. The number of hydrogen-bond donors (Lipinski definition) is 1. The van der Waals surface area contributed by atoms with E-state index >= 15 is 0 Å². The van der Waals surface area contributed by atoms with Gasteiger partial charge in [-0.2, -0.15) is 0 Å². The Balaban J connectivity index is 2.23. The lowest BCUT2D eigenvalue weighted by Crippen LogP contribution is -2.44. The number of nitrogens with zero attached hydrogens (tertiary/aromatic N) is 2. The normalized spacial score (nSPS) is 23.8. The van der Waals surface area contributed by atoms with E-state index in [1.165, 1.54) is 18.4 Å². The number of likely N-dealkylation sites (tertiary alicyclic amines) is 1. The molecule has 0 aromatic carbocycles. The zero-order valence-corrected chi connectivity index (χ0v) is 12.9. The predicted octanol–water partition coefficient (Wildman–Crippen LogP) is 1.24. The molecule has 1 aliphatic rings. The van der Waals surface area contributed by atoms with Crippen LogP contribution in [-0.2, 0) is 19.7 Å². The molecule has 2 rings (SSSR count). The van der Waals surface area contributed by atoms with Gasteiger partial charge in [-0.25, -0.2) is 9.78 Å². The largest absolute Gasteiger partial charge is 0.467 e. The van der Waals surface area contributed by atoms with Gasteiger partial charge in [-0.1, -0.05) is 0 Å². The van der Waals surface area contributed by atoms with Crippen LogP contribution in [-0.4, -0.2) is 48.5 Å². The van der Waals surface area contributed by atoms with E-state index in [-0.39, 0.29) is 11.9 Å². The molecule has 1 amide bonds.